The molecule has 1 unspecified atom stereocenters. The van der Waals surface area contributed by atoms with Crippen molar-refractivity contribution in [1.82, 2.24) is 19.9 Å². The van der Waals surface area contributed by atoms with Gasteiger partial charge in [-0.15, -0.1) is 0 Å². The minimum atomic E-state index is -0.301. The Labute approximate surface area is 156 Å². The molecule has 138 valence electrons. The Bertz CT molecular complexity index is 1000. The van der Waals surface area contributed by atoms with Gasteiger partial charge < -0.3 is 14.6 Å². The van der Waals surface area contributed by atoms with E-state index in [2.05, 4.69) is 15.0 Å². The molecule has 2 aromatic heterocycles. The van der Waals surface area contributed by atoms with Gasteiger partial charge in [-0.05, 0) is 36.6 Å². The van der Waals surface area contributed by atoms with Crippen molar-refractivity contribution in [2.75, 3.05) is 13.1 Å². The zero-order valence-electron chi connectivity index (χ0n) is 14.8. The van der Waals surface area contributed by atoms with Gasteiger partial charge in [0.05, 0.1) is 23.6 Å². The SMILES string of the molecule is O=C(c1nc2ccccc2c(=O)[nH]1)N1CCCC(OCc2cccnc2)C1. The van der Waals surface area contributed by atoms with E-state index >= 15 is 0 Å². The smallest absolute Gasteiger partial charge is 0.289 e. The Balaban J connectivity index is 1.46. The van der Waals surface area contributed by atoms with Crippen molar-refractivity contribution < 1.29 is 9.53 Å². The molecule has 4 rings (SSSR count). The number of benzene rings is 1. The van der Waals surface area contributed by atoms with E-state index in [0.717, 1.165) is 18.4 Å². The van der Waals surface area contributed by atoms with Crippen LogP contribution in [0.5, 0.6) is 0 Å². The summed E-state index contributed by atoms with van der Waals surface area (Å²) >= 11 is 0. The summed E-state index contributed by atoms with van der Waals surface area (Å²) in [4.78, 5) is 37.8. The lowest BCUT2D eigenvalue weighted by Gasteiger charge is -2.32. The number of ether oxygens (including phenoxy) is 1. The first-order valence-corrected chi connectivity index (χ1v) is 8.99. The summed E-state index contributed by atoms with van der Waals surface area (Å²) in [6.45, 7) is 1.57. The topological polar surface area (TPSA) is 88.2 Å². The Morgan fingerprint density at radius 3 is 3.00 bits per heavy atom. The van der Waals surface area contributed by atoms with Gasteiger partial charge in [-0.2, -0.15) is 0 Å². The molecule has 3 aromatic rings. The number of rotatable bonds is 4. The molecule has 1 atom stereocenters. The third kappa shape index (κ3) is 3.88. The van der Waals surface area contributed by atoms with Crippen LogP contribution in [-0.4, -0.2) is 45.0 Å². The Morgan fingerprint density at radius 2 is 2.15 bits per heavy atom. The van der Waals surface area contributed by atoms with E-state index < -0.39 is 0 Å². The second-order valence-electron chi connectivity index (χ2n) is 6.62. The molecule has 0 saturated carbocycles. The summed E-state index contributed by atoms with van der Waals surface area (Å²) in [6, 6.07) is 10.8. The fourth-order valence-corrected chi connectivity index (χ4v) is 3.29. The number of fused-ring (bicyclic) bond motifs is 1. The van der Waals surface area contributed by atoms with Crippen LogP contribution in [0.1, 0.15) is 29.0 Å². The summed E-state index contributed by atoms with van der Waals surface area (Å²) in [5.41, 5.74) is 1.22. The van der Waals surface area contributed by atoms with Crippen molar-refractivity contribution >= 4 is 16.8 Å². The van der Waals surface area contributed by atoms with Crippen molar-refractivity contribution in [3.8, 4) is 0 Å². The summed E-state index contributed by atoms with van der Waals surface area (Å²) < 4.78 is 5.95. The molecule has 7 heteroatoms. The highest BCUT2D eigenvalue weighted by Gasteiger charge is 2.26. The number of hydrogen-bond donors (Lipinski definition) is 1. The highest BCUT2D eigenvalue weighted by Crippen LogP contribution is 2.17. The lowest BCUT2D eigenvalue weighted by Crippen LogP contribution is -2.44. The average molecular weight is 364 g/mol. The third-order valence-electron chi connectivity index (χ3n) is 4.69. The van der Waals surface area contributed by atoms with Crippen molar-refractivity contribution in [3.63, 3.8) is 0 Å². The predicted octanol–water partition coefficient (Wildman–Crippen LogP) is 2.14. The second kappa shape index (κ2) is 7.67. The number of piperidine rings is 1. The highest BCUT2D eigenvalue weighted by atomic mass is 16.5. The molecule has 1 amide bonds. The fourth-order valence-electron chi connectivity index (χ4n) is 3.29. The first kappa shape index (κ1) is 17.4. The lowest BCUT2D eigenvalue weighted by molar-refractivity contribution is -0.00714. The molecule has 3 heterocycles. The second-order valence-corrected chi connectivity index (χ2v) is 6.62. The van der Waals surface area contributed by atoms with E-state index in [-0.39, 0.29) is 23.4 Å². The van der Waals surface area contributed by atoms with Crippen molar-refractivity contribution in [1.29, 1.82) is 0 Å². The number of nitrogens with one attached hydrogen (secondary N) is 1. The van der Waals surface area contributed by atoms with Gasteiger partial charge in [0.15, 0.2) is 5.82 Å². The Morgan fingerprint density at radius 1 is 1.26 bits per heavy atom. The normalized spacial score (nSPS) is 17.2. The van der Waals surface area contributed by atoms with Crippen molar-refractivity contribution in [2.24, 2.45) is 0 Å². The monoisotopic (exact) mass is 364 g/mol. The van der Waals surface area contributed by atoms with E-state index in [1.54, 1.807) is 41.6 Å². The van der Waals surface area contributed by atoms with Gasteiger partial charge in [-0.1, -0.05) is 18.2 Å². The molecule has 0 radical (unpaired) electrons. The number of para-hydroxylation sites is 1. The summed E-state index contributed by atoms with van der Waals surface area (Å²) in [5.74, 6) is -0.195. The average Bonchev–Trinajstić information content (AvgIpc) is 2.73. The Hall–Kier alpha value is -3.06. The number of carbonyl (C=O) groups is 1. The van der Waals surface area contributed by atoms with E-state index in [1.165, 1.54) is 0 Å². The van der Waals surface area contributed by atoms with E-state index in [9.17, 15) is 9.59 Å². The van der Waals surface area contributed by atoms with Crippen LogP contribution >= 0.6 is 0 Å². The number of hydrogen-bond acceptors (Lipinski definition) is 5. The maximum absolute atomic E-state index is 12.8. The summed E-state index contributed by atoms with van der Waals surface area (Å²) in [7, 11) is 0. The third-order valence-corrected chi connectivity index (χ3v) is 4.69. The van der Waals surface area contributed by atoms with Crippen LogP contribution < -0.4 is 5.56 Å². The molecule has 1 aliphatic heterocycles. The van der Waals surface area contributed by atoms with E-state index in [0.29, 0.717) is 30.6 Å². The molecule has 1 aliphatic rings. The number of H-pyrrole nitrogens is 1. The molecule has 1 aromatic carbocycles. The van der Waals surface area contributed by atoms with Gasteiger partial charge in [0.2, 0.25) is 0 Å². The van der Waals surface area contributed by atoms with Crippen LogP contribution in [0, 0.1) is 0 Å². The number of pyridine rings is 1. The molecule has 1 N–H and O–H groups in total. The molecule has 0 spiro atoms. The zero-order valence-corrected chi connectivity index (χ0v) is 14.8. The quantitative estimate of drug-likeness (QED) is 0.766. The first-order valence-electron chi connectivity index (χ1n) is 8.99. The number of likely N-dealkylation sites (tertiary alicyclic amines) is 1. The van der Waals surface area contributed by atoms with Crippen LogP contribution in [0.15, 0.2) is 53.6 Å². The first-order chi connectivity index (χ1) is 13.2. The molecule has 7 nitrogen and oxygen atoms in total. The minimum Gasteiger partial charge on any atom is -0.372 e. The van der Waals surface area contributed by atoms with Gasteiger partial charge in [-0.25, -0.2) is 4.98 Å². The van der Waals surface area contributed by atoms with Crippen LogP contribution in [0.2, 0.25) is 0 Å². The molecule has 0 bridgehead atoms. The molecule has 27 heavy (non-hydrogen) atoms. The summed E-state index contributed by atoms with van der Waals surface area (Å²) in [6.07, 6.45) is 5.19. The highest BCUT2D eigenvalue weighted by molar-refractivity contribution is 5.92. The molecule has 1 saturated heterocycles. The van der Waals surface area contributed by atoms with Crippen LogP contribution in [0.3, 0.4) is 0 Å². The van der Waals surface area contributed by atoms with Crippen molar-refractivity contribution in [2.45, 2.75) is 25.6 Å². The van der Waals surface area contributed by atoms with E-state index in [1.807, 2.05) is 12.1 Å². The van der Waals surface area contributed by atoms with Crippen LogP contribution in [0.25, 0.3) is 10.9 Å². The molecular weight excluding hydrogens is 344 g/mol. The fraction of sp³-hybridized carbons (Fsp3) is 0.300. The predicted molar refractivity (Wildman–Crippen MR) is 100 cm³/mol. The number of aromatic nitrogens is 3. The zero-order chi connectivity index (χ0) is 18.6. The van der Waals surface area contributed by atoms with Gasteiger partial charge in [0.1, 0.15) is 0 Å². The van der Waals surface area contributed by atoms with E-state index in [4.69, 9.17) is 4.74 Å². The minimum absolute atomic E-state index is 0.0462. The lowest BCUT2D eigenvalue weighted by atomic mass is 10.1. The number of carbonyl (C=O) groups excluding carboxylic acids is 1. The van der Waals surface area contributed by atoms with Crippen molar-refractivity contribution in [3.05, 3.63) is 70.5 Å². The van der Waals surface area contributed by atoms with Gasteiger partial charge >= 0.3 is 0 Å². The number of aromatic amines is 1. The molecular formula is C20H20N4O3. The molecule has 1 fully saturated rings. The largest absolute Gasteiger partial charge is 0.372 e. The maximum Gasteiger partial charge on any atom is 0.289 e. The maximum atomic E-state index is 12.8. The number of amides is 1. The summed E-state index contributed by atoms with van der Waals surface area (Å²) in [5, 5.41) is 0.477. The standard InChI is InChI=1S/C20H20N4O3/c25-19-16-7-1-2-8-17(16)22-18(23-19)20(26)24-10-4-6-15(12-24)27-13-14-5-3-9-21-11-14/h1-3,5,7-9,11,15H,4,6,10,12-13H2,(H,22,23,25). The Kier molecular flexibility index (Phi) is 4.93. The molecule has 0 aliphatic carbocycles. The van der Waals surface area contributed by atoms with Gasteiger partial charge in [-0.3, -0.25) is 14.6 Å². The van der Waals surface area contributed by atoms with Crippen LogP contribution in [-0.2, 0) is 11.3 Å². The van der Waals surface area contributed by atoms with Gasteiger partial charge in [0, 0.05) is 25.5 Å². The number of nitrogens with zero attached hydrogens (tertiary/aromatic N) is 3. The van der Waals surface area contributed by atoms with Crippen LogP contribution in [0.4, 0.5) is 0 Å². The van der Waals surface area contributed by atoms with Gasteiger partial charge in [0.25, 0.3) is 11.5 Å².